The molecule has 2 aromatic carbocycles. The summed E-state index contributed by atoms with van der Waals surface area (Å²) >= 11 is 5.99. The van der Waals surface area contributed by atoms with Crippen LogP contribution in [0.5, 0.6) is 0 Å². The predicted molar refractivity (Wildman–Crippen MR) is 109 cm³/mol. The molecule has 28 heavy (non-hydrogen) atoms. The van der Waals surface area contributed by atoms with Crippen LogP contribution < -0.4 is 15.5 Å². The average Bonchev–Trinajstić information content (AvgIpc) is 3.07. The van der Waals surface area contributed by atoms with Gasteiger partial charge in [0, 0.05) is 16.4 Å². The van der Waals surface area contributed by atoms with Gasteiger partial charge in [0.25, 0.3) is 0 Å². The molecule has 1 unspecified atom stereocenters. The highest BCUT2D eigenvalue weighted by molar-refractivity contribution is 6.30. The number of anilines is 2. The Kier molecular flexibility index (Phi) is 5.39. The molecule has 0 spiro atoms. The van der Waals surface area contributed by atoms with Crippen LogP contribution in [0.15, 0.2) is 48.5 Å². The average molecular weight is 400 g/mol. The highest BCUT2D eigenvalue weighted by atomic mass is 35.5. The van der Waals surface area contributed by atoms with Gasteiger partial charge in [0.15, 0.2) is 0 Å². The number of carbonyl (C=O) groups is 2. The number of hydrogen-bond acceptors (Lipinski definition) is 3. The second kappa shape index (κ2) is 8.10. The first kappa shape index (κ1) is 18.6. The lowest BCUT2D eigenvalue weighted by Crippen LogP contribution is -2.38. The van der Waals surface area contributed by atoms with Gasteiger partial charge in [0.2, 0.25) is 0 Å². The van der Waals surface area contributed by atoms with Crippen LogP contribution in [0.2, 0.25) is 5.02 Å². The predicted octanol–water partition coefficient (Wildman–Crippen LogP) is 4.96. The van der Waals surface area contributed by atoms with E-state index in [0.717, 1.165) is 24.1 Å². The molecule has 1 aliphatic heterocycles. The first-order valence-electron chi connectivity index (χ1n) is 9.47. The van der Waals surface area contributed by atoms with Crippen molar-refractivity contribution in [2.24, 2.45) is 5.92 Å². The van der Waals surface area contributed by atoms with E-state index in [4.69, 9.17) is 16.3 Å². The minimum Gasteiger partial charge on any atom is -0.447 e. The summed E-state index contributed by atoms with van der Waals surface area (Å²) in [6, 6.07) is 14.5. The van der Waals surface area contributed by atoms with E-state index in [-0.39, 0.29) is 18.2 Å². The van der Waals surface area contributed by atoms with Gasteiger partial charge in [-0.2, -0.15) is 0 Å². The Morgan fingerprint density at radius 2 is 1.82 bits per heavy atom. The van der Waals surface area contributed by atoms with Crippen molar-refractivity contribution in [3.8, 4) is 0 Å². The molecule has 0 radical (unpaired) electrons. The maximum Gasteiger partial charge on any atom is 0.414 e. The van der Waals surface area contributed by atoms with Crippen molar-refractivity contribution in [2.75, 3.05) is 23.4 Å². The fraction of sp³-hybridized carbons (Fsp3) is 0.333. The summed E-state index contributed by atoms with van der Waals surface area (Å²) < 4.78 is 4.95. The van der Waals surface area contributed by atoms with Gasteiger partial charge in [0.05, 0.1) is 12.6 Å². The third kappa shape index (κ3) is 4.07. The first-order chi connectivity index (χ1) is 13.6. The number of rotatable bonds is 5. The van der Waals surface area contributed by atoms with Gasteiger partial charge < -0.3 is 15.4 Å². The molecular formula is C21H22ClN3O3. The number of benzene rings is 2. The van der Waals surface area contributed by atoms with Crippen LogP contribution >= 0.6 is 11.6 Å². The molecule has 6 nitrogen and oxygen atoms in total. The van der Waals surface area contributed by atoms with Crippen molar-refractivity contribution >= 4 is 35.1 Å². The summed E-state index contributed by atoms with van der Waals surface area (Å²) in [7, 11) is 0. The van der Waals surface area contributed by atoms with Crippen molar-refractivity contribution in [1.29, 1.82) is 0 Å². The van der Waals surface area contributed by atoms with Gasteiger partial charge in [-0.3, -0.25) is 4.90 Å². The summed E-state index contributed by atoms with van der Waals surface area (Å²) in [5, 5.41) is 6.66. The maximum atomic E-state index is 12.6. The Bertz CT molecular complexity index is 850. The third-order valence-corrected chi connectivity index (χ3v) is 5.59. The topological polar surface area (TPSA) is 70.7 Å². The molecule has 0 aromatic heterocycles. The lowest BCUT2D eigenvalue weighted by atomic mass is 9.77. The highest BCUT2D eigenvalue weighted by Crippen LogP contribution is 2.38. The number of nitrogens with zero attached hydrogens (tertiary/aromatic N) is 1. The van der Waals surface area contributed by atoms with Crippen LogP contribution in [-0.4, -0.2) is 25.3 Å². The van der Waals surface area contributed by atoms with Crippen LogP contribution in [0.25, 0.3) is 0 Å². The number of carbonyl (C=O) groups excluding carboxylic acids is 2. The molecule has 1 aliphatic carbocycles. The number of nitrogens with one attached hydrogen (secondary N) is 2. The largest absolute Gasteiger partial charge is 0.447 e. The molecule has 2 N–H and O–H groups in total. The normalized spacial score (nSPS) is 17.6. The van der Waals surface area contributed by atoms with E-state index in [1.54, 1.807) is 29.2 Å². The maximum absolute atomic E-state index is 12.6. The number of ether oxygens (including phenoxy) is 1. The summed E-state index contributed by atoms with van der Waals surface area (Å²) in [4.78, 5) is 25.8. The van der Waals surface area contributed by atoms with Crippen molar-refractivity contribution < 1.29 is 14.3 Å². The number of cyclic esters (lactones) is 1. The van der Waals surface area contributed by atoms with E-state index in [1.165, 1.54) is 6.42 Å². The molecule has 1 atom stereocenters. The molecular weight excluding hydrogens is 378 g/mol. The lowest BCUT2D eigenvalue weighted by molar-refractivity contribution is 0.181. The smallest absolute Gasteiger partial charge is 0.414 e. The molecule has 0 bridgehead atoms. The summed E-state index contributed by atoms with van der Waals surface area (Å²) in [6.07, 6.45) is 3.06. The lowest BCUT2D eigenvalue weighted by Gasteiger charge is -2.34. The van der Waals surface area contributed by atoms with Gasteiger partial charge in [0.1, 0.15) is 6.61 Å². The van der Waals surface area contributed by atoms with Crippen LogP contribution in [0.1, 0.15) is 30.9 Å². The second-order valence-electron chi connectivity index (χ2n) is 7.13. The number of urea groups is 1. The van der Waals surface area contributed by atoms with E-state index in [0.29, 0.717) is 29.8 Å². The Labute approximate surface area is 168 Å². The molecule has 146 valence electrons. The fourth-order valence-electron chi connectivity index (χ4n) is 3.58. The zero-order valence-corrected chi connectivity index (χ0v) is 16.1. The first-order valence-corrected chi connectivity index (χ1v) is 9.85. The molecule has 2 aromatic rings. The molecule has 2 fully saturated rings. The van der Waals surface area contributed by atoms with Gasteiger partial charge in [-0.05, 0) is 60.7 Å². The molecule has 1 saturated carbocycles. The zero-order chi connectivity index (χ0) is 19.5. The van der Waals surface area contributed by atoms with Crippen LogP contribution in [0.4, 0.5) is 21.0 Å². The van der Waals surface area contributed by atoms with E-state index in [2.05, 4.69) is 10.6 Å². The van der Waals surface area contributed by atoms with Gasteiger partial charge in [-0.25, -0.2) is 9.59 Å². The van der Waals surface area contributed by atoms with Crippen LogP contribution in [0, 0.1) is 5.92 Å². The summed E-state index contributed by atoms with van der Waals surface area (Å²) in [6.45, 7) is 0.935. The highest BCUT2D eigenvalue weighted by Gasteiger charge is 2.30. The Morgan fingerprint density at radius 1 is 1.11 bits per heavy atom. The van der Waals surface area contributed by atoms with Gasteiger partial charge in [-0.15, -0.1) is 0 Å². The fourth-order valence-corrected chi connectivity index (χ4v) is 3.70. The minimum absolute atomic E-state index is 0.0374. The molecule has 3 amide bonds. The molecule has 7 heteroatoms. The van der Waals surface area contributed by atoms with E-state index in [1.807, 2.05) is 24.3 Å². The standard InChI is InChI=1S/C21H22ClN3O3/c22-16-6-4-15(5-7-16)19(14-2-1-3-14)24-20(26)23-17-8-10-18(11-9-17)25-12-13-28-21(25)27/h4-11,14,19H,1-3,12-13H2,(H2,23,24,26). The van der Waals surface area contributed by atoms with Crippen LogP contribution in [-0.2, 0) is 4.74 Å². The Balaban J connectivity index is 1.40. The van der Waals surface area contributed by atoms with Crippen molar-refractivity contribution in [2.45, 2.75) is 25.3 Å². The van der Waals surface area contributed by atoms with Crippen LogP contribution in [0.3, 0.4) is 0 Å². The van der Waals surface area contributed by atoms with E-state index >= 15 is 0 Å². The number of hydrogen-bond donors (Lipinski definition) is 2. The Morgan fingerprint density at radius 3 is 2.39 bits per heavy atom. The van der Waals surface area contributed by atoms with Crippen molar-refractivity contribution in [1.82, 2.24) is 5.32 Å². The number of halogens is 1. The van der Waals surface area contributed by atoms with Gasteiger partial charge >= 0.3 is 12.1 Å². The molecule has 1 saturated heterocycles. The minimum atomic E-state index is -0.343. The summed E-state index contributed by atoms with van der Waals surface area (Å²) in [5.74, 6) is 0.440. The van der Waals surface area contributed by atoms with Crippen molar-refractivity contribution in [3.63, 3.8) is 0 Å². The zero-order valence-electron chi connectivity index (χ0n) is 15.4. The third-order valence-electron chi connectivity index (χ3n) is 5.33. The number of amides is 3. The second-order valence-corrected chi connectivity index (χ2v) is 7.57. The molecule has 1 heterocycles. The van der Waals surface area contributed by atoms with E-state index in [9.17, 15) is 9.59 Å². The SMILES string of the molecule is O=C(Nc1ccc(N2CCOC2=O)cc1)NC(c1ccc(Cl)cc1)C1CCC1. The Hall–Kier alpha value is -2.73. The van der Waals surface area contributed by atoms with E-state index < -0.39 is 0 Å². The summed E-state index contributed by atoms with van der Waals surface area (Å²) in [5.41, 5.74) is 2.48. The van der Waals surface area contributed by atoms with Crippen molar-refractivity contribution in [3.05, 3.63) is 59.1 Å². The quantitative estimate of drug-likeness (QED) is 0.746. The van der Waals surface area contributed by atoms with Gasteiger partial charge in [-0.1, -0.05) is 30.2 Å². The molecule has 4 rings (SSSR count). The molecule has 2 aliphatic rings. The monoisotopic (exact) mass is 399 g/mol.